The summed E-state index contributed by atoms with van der Waals surface area (Å²) < 4.78 is 0. The summed E-state index contributed by atoms with van der Waals surface area (Å²) >= 11 is 2.72. The lowest BCUT2D eigenvalue weighted by molar-refractivity contribution is -0.124. The van der Waals surface area contributed by atoms with Gasteiger partial charge in [-0.1, -0.05) is 26.8 Å². The minimum Gasteiger partial charge on any atom is -0.339 e. The zero-order valence-electron chi connectivity index (χ0n) is 15.2. The zero-order chi connectivity index (χ0) is 19.3. The van der Waals surface area contributed by atoms with Crippen LogP contribution in [-0.2, 0) is 11.2 Å². The van der Waals surface area contributed by atoms with E-state index in [1.807, 2.05) is 33.8 Å². The largest absolute Gasteiger partial charge is 0.339 e. The first kappa shape index (κ1) is 20.1. The molecule has 2 rings (SSSR count). The molecule has 2 aromatic rings. The molecule has 6 nitrogen and oxygen atoms in total. The van der Waals surface area contributed by atoms with Crippen molar-refractivity contribution in [2.24, 2.45) is 5.92 Å². The Morgan fingerprint density at radius 2 is 1.85 bits per heavy atom. The third kappa shape index (κ3) is 4.92. The number of hydrazine groups is 1. The third-order valence-electron chi connectivity index (χ3n) is 3.85. The maximum absolute atomic E-state index is 12.4. The van der Waals surface area contributed by atoms with E-state index >= 15 is 0 Å². The Bertz CT molecular complexity index is 782. The van der Waals surface area contributed by atoms with E-state index in [0.29, 0.717) is 9.75 Å². The normalized spacial score (nSPS) is 11.9. The van der Waals surface area contributed by atoms with E-state index in [2.05, 4.69) is 16.2 Å². The molecule has 0 aliphatic carbocycles. The van der Waals surface area contributed by atoms with Crippen molar-refractivity contribution < 1.29 is 14.4 Å². The van der Waals surface area contributed by atoms with E-state index < -0.39 is 11.9 Å². The van der Waals surface area contributed by atoms with Crippen LogP contribution in [0.3, 0.4) is 0 Å². The number of amides is 3. The second-order valence-electron chi connectivity index (χ2n) is 6.19. The summed E-state index contributed by atoms with van der Waals surface area (Å²) in [6.07, 6.45) is 0.861. The molecule has 0 spiro atoms. The molecule has 2 aromatic heterocycles. The first-order valence-electron chi connectivity index (χ1n) is 8.37. The van der Waals surface area contributed by atoms with Gasteiger partial charge in [-0.05, 0) is 42.3 Å². The fraction of sp³-hybridized carbons (Fsp3) is 0.389. The van der Waals surface area contributed by atoms with Crippen molar-refractivity contribution in [1.82, 2.24) is 16.2 Å². The highest BCUT2D eigenvalue weighted by molar-refractivity contribution is 7.14. The predicted molar refractivity (Wildman–Crippen MR) is 104 cm³/mol. The van der Waals surface area contributed by atoms with Crippen molar-refractivity contribution in [2.45, 2.75) is 40.2 Å². The van der Waals surface area contributed by atoms with E-state index in [1.165, 1.54) is 22.7 Å². The minimum absolute atomic E-state index is 0.133. The first-order chi connectivity index (χ1) is 12.3. The van der Waals surface area contributed by atoms with Crippen LogP contribution in [0.15, 0.2) is 23.6 Å². The van der Waals surface area contributed by atoms with Gasteiger partial charge in [-0.15, -0.1) is 22.7 Å². The lowest BCUT2D eigenvalue weighted by Gasteiger charge is -2.21. The van der Waals surface area contributed by atoms with Crippen LogP contribution >= 0.6 is 22.7 Å². The summed E-state index contributed by atoms with van der Waals surface area (Å²) in [6.45, 7) is 7.65. The average molecular weight is 394 g/mol. The van der Waals surface area contributed by atoms with Crippen LogP contribution in [0.1, 0.15) is 50.6 Å². The molecular formula is C18H23N3O3S2. The van der Waals surface area contributed by atoms with Crippen molar-refractivity contribution in [3.05, 3.63) is 43.8 Å². The Labute approximate surface area is 161 Å². The third-order valence-corrected chi connectivity index (χ3v) is 6.09. The van der Waals surface area contributed by atoms with Crippen molar-refractivity contribution in [3.63, 3.8) is 0 Å². The van der Waals surface area contributed by atoms with E-state index in [-0.39, 0.29) is 17.7 Å². The molecule has 8 heteroatoms. The van der Waals surface area contributed by atoms with Crippen LogP contribution in [0.4, 0.5) is 0 Å². The molecule has 3 amide bonds. The van der Waals surface area contributed by atoms with Crippen molar-refractivity contribution in [2.75, 3.05) is 0 Å². The highest BCUT2D eigenvalue weighted by Gasteiger charge is 2.25. The highest BCUT2D eigenvalue weighted by Crippen LogP contribution is 2.22. The Morgan fingerprint density at radius 1 is 1.12 bits per heavy atom. The van der Waals surface area contributed by atoms with Gasteiger partial charge in [0.05, 0.1) is 9.75 Å². The van der Waals surface area contributed by atoms with Crippen LogP contribution in [0.2, 0.25) is 0 Å². The molecule has 0 saturated carbocycles. The Morgan fingerprint density at radius 3 is 2.38 bits per heavy atom. The van der Waals surface area contributed by atoms with E-state index in [1.54, 1.807) is 17.5 Å². The smallest absolute Gasteiger partial charge is 0.279 e. The topological polar surface area (TPSA) is 87.3 Å². The van der Waals surface area contributed by atoms with Gasteiger partial charge in [0.25, 0.3) is 17.7 Å². The summed E-state index contributed by atoms with van der Waals surface area (Å²) in [5.41, 5.74) is 5.91. The number of rotatable bonds is 6. The van der Waals surface area contributed by atoms with Crippen molar-refractivity contribution in [1.29, 1.82) is 0 Å². The molecule has 3 N–H and O–H groups in total. The molecule has 2 heterocycles. The van der Waals surface area contributed by atoms with Gasteiger partial charge < -0.3 is 5.32 Å². The van der Waals surface area contributed by atoms with Gasteiger partial charge in [0.2, 0.25) is 0 Å². The molecule has 0 saturated heterocycles. The van der Waals surface area contributed by atoms with Crippen LogP contribution in [-0.4, -0.2) is 23.8 Å². The number of hydrogen-bond acceptors (Lipinski definition) is 5. The summed E-state index contributed by atoms with van der Waals surface area (Å²) in [4.78, 5) is 39.1. The number of hydrogen-bond donors (Lipinski definition) is 3. The predicted octanol–water partition coefficient (Wildman–Crippen LogP) is 2.90. The van der Waals surface area contributed by atoms with Crippen LogP contribution in [0.5, 0.6) is 0 Å². The maximum Gasteiger partial charge on any atom is 0.279 e. The fourth-order valence-electron chi connectivity index (χ4n) is 2.40. The molecule has 140 valence electrons. The molecule has 0 aliphatic heterocycles. The lowest BCUT2D eigenvalue weighted by Crippen LogP contribution is -2.54. The molecule has 0 aromatic carbocycles. The number of carbonyl (C=O) groups is 3. The van der Waals surface area contributed by atoms with Gasteiger partial charge >= 0.3 is 0 Å². The lowest BCUT2D eigenvalue weighted by atomic mass is 10.0. The Kier molecular flexibility index (Phi) is 6.93. The van der Waals surface area contributed by atoms with Gasteiger partial charge in [0.15, 0.2) is 0 Å². The van der Waals surface area contributed by atoms with Gasteiger partial charge in [-0.2, -0.15) is 0 Å². The first-order valence-corrected chi connectivity index (χ1v) is 10.1. The summed E-state index contributed by atoms with van der Waals surface area (Å²) in [7, 11) is 0. The molecule has 0 fully saturated rings. The van der Waals surface area contributed by atoms with Crippen LogP contribution in [0.25, 0.3) is 0 Å². The number of nitrogens with one attached hydrogen (secondary N) is 3. The average Bonchev–Trinajstić information content (AvgIpc) is 3.26. The Hall–Kier alpha value is -2.19. The van der Waals surface area contributed by atoms with E-state index in [0.717, 1.165) is 16.9 Å². The standard InChI is InChI=1S/C18H23N3O3S2/c1-5-12-11(4)9-14(26-12)17(23)20-21-18(24)15(10(2)3)19-16(22)13-7-6-8-25-13/h6-10,15H,5H2,1-4H3,(H,19,22)(H,20,23)(H,21,24). The second kappa shape index (κ2) is 8.95. The molecule has 26 heavy (non-hydrogen) atoms. The molecule has 0 aliphatic rings. The number of carbonyl (C=O) groups excluding carboxylic acids is 3. The van der Waals surface area contributed by atoms with Crippen LogP contribution in [0, 0.1) is 12.8 Å². The highest BCUT2D eigenvalue weighted by atomic mass is 32.1. The number of aryl methyl sites for hydroxylation is 2. The molecule has 0 radical (unpaired) electrons. The van der Waals surface area contributed by atoms with Crippen molar-refractivity contribution >= 4 is 40.4 Å². The minimum atomic E-state index is -0.749. The summed E-state index contributed by atoms with van der Waals surface area (Å²) in [5.74, 6) is -1.26. The maximum atomic E-state index is 12.4. The fourth-order valence-corrected chi connectivity index (χ4v) is 4.03. The Balaban J connectivity index is 1.96. The van der Waals surface area contributed by atoms with E-state index in [4.69, 9.17) is 0 Å². The molecule has 1 atom stereocenters. The summed E-state index contributed by atoms with van der Waals surface area (Å²) in [5, 5.41) is 4.51. The molecular weight excluding hydrogens is 370 g/mol. The van der Waals surface area contributed by atoms with Gasteiger partial charge in [-0.3, -0.25) is 25.2 Å². The van der Waals surface area contributed by atoms with Gasteiger partial charge in [-0.25, -0.2) is 0 Å². The SMILES string of the molecule is CCc1sc(C(=O)NNC(=O)C(NC(=O)c2cccs2)C(C)C)cc1C. The monoisotopic (exact) mass is 393 g/mol. The van der Waals surface area contributed by atoms with E-state index in [9.17, 15) is 14.4 Å². The number of thiophene rings is 2. The summed E-state index contributed by atoms with van der Waals surface area (Å²) in [6, 6.07) is 4.53. The zero-order valence-corrected chi connectivity index (χ0v) is 16.8. The quantitative estimate of drug-likeness (QED) is 0.660. The van der Waals surface area contributed by atoms with Gasteiger partial charge in [0.1, 0.15) is 6.04 Å². The second-order valence-corrected chi connectivity index (χ2v) is 8.27. The van der Waals surface area contributed by atoms with Gasteiger partial charge in [0, 0.05) is 4.88 Å². The van der Waals surface area contributed by atoms with Crippen LogP contribution < -0.4 is 16.2 Å². The molecule has 0 bridgehead atoms. The van der Waals surface area contributed by atoms with Crippen molar-refractivity contribution in [3.8, 4) is 0 Å². The molecule has 1 unspecified atom stereocenters.